The molecule has 0 fully saturated rings. The Hall–Kier alpha value is -1.47. The van der Waals surface area contributed by atoms with Gasteiger partial charge in [0.25, 0.3) is 0 Å². The minimum absolute atomic E-state index is 0.253. The normalized spacial score (nSPS) is 10.2. The van der Waals surface area contributed by atoms with E-state index in [4.69, 9.17) is 44.8 Å². The second kappa shape index (κ2) is 6.32. The quantitative estimate of drug-likeness (QED) is 0.762. The first-order valence-electron chi connectivity index (χ1n) is 5.62. The third-order valence-corrected chi connectivity index (χ3v) is 4.00. The van der Waals surface area contributed by atoms with E-state index in [1.54, 1.807) is 24.4 Å². The minimum atomic E-state index is 0.253. The molecular formula is C14H9Cl3N2O. The van der Waals surface area contributed by atoms with Crippen molar-refractivity contribution < 1.29 is 4.74 Å². The first kappa shape index (κ1) is 14.9. The maximum Gasteiger partial charge on any atom is 0.221 e. The molecule has 0 unspecified atom stereocenters. The van der Waals surface area contributed by atoms with E-state index in [0.29, 0.717) is 27.1 Å². The van der Waals surface area contributed by atoms with Crippen molar-refractivity contribution in [2.45, 2.75) is 6.42 Å². The summed E-state index contributed by atoms with van der Waals surface area (Å²) in [5.41, 5.74) is 2.10. The molecule has 0 bridgehead atoms. The SMILES string of the molecule is COc1ncc(CC#N)cc1-c1ccc(Cl)c(Cl)c1Cl. The Kier molecular flexibility index (Phi) is 4.72. The number of aromatic nitrogens is 1. The highest BCUT2D eigenvalue weighted by atomic mass is 35.5. The van der Waals surface area contributed by atoms with Crippen molar-refractivity contribution in [1.82, 2.24) is 4.98 Å². The first-order valence-corrected chi connectivity index (χ1v) is 6.75. The Morgan fingerprint density at radius 3 is 2.60 bits per heavy atom. The van der Waals surface area contributed by atoms with E-state index in [1.165, 1.54) is 7.11 Å². The lowest BCUT2D eigenvalue weighted by Crippen LogP contribution is -1.95. The lowest BCUT2D eigenvalue weighted by molar-refractivity contribution is 0.399. The standard InChI is InChI=1S/C14H9Cl3N2O/c1-20-14-10(6-8(4-5-18)7-19-14)9-2-3-11(15)13(17)12(9)16/h2-3,6-7H,4H2,1H3. The van der Waals surface area contributed by atoms with Gasteiger partial charge in [0.1, 0.15) is 0 Å². The zero-order valence-electron chi connectivity index (χ0n) is 10.5. The van der Waals surface area contributed by atoms with Crippen LogP contribution in [0.4, 0.5) is 0 Å². The summed E-state index contributed by atoms with van der Waals surface area (Å²) in [7, 11) is 1.52. The molecule has 1 aromatic heterocycles. The van der Waals surface area contributed by atoms with Gasteiger partial charge in [0.05, 0.1) is 34.7 Å². The van der Waals surface area contributed by atoms with Gasteiger partial charge >= 0.3 is 0 Å². The Morgan fingerprint density at radius 2 is 1.95 bits per heavy atom. The molecule has 2 aromatic rings. The van der Waals surface area contributed by atoms with E-state index in [-0.39, 0.29) is 11.4 Å². The van der Waals surface area contributed by atoms with Gasteiger partial charge in [-0.3, -0.25) is 0 Å². The van der Waals surface area contributed by atoms with Crippen molar-refractivity contribution >= 4 is 34.8 Å². The molecule has 102 valence electrons. The molecule has 20 heavy (non-hydrogen) atoms. The van der Waals surface area contributed by atoms with Crippen LogP contribution in [-0.4, -0.2) is 12.1 Å². The molecule has 1 heterocycles. The number of methoxy groups -OCH3 is 1. The van der Waals surface area contributed by atoms with Gasteiger partial charge in [-0.25, -0.2) is 4.98 Å². The molecule has 2 rings (SSSR count). The lowest BCUT2D eigenvalue weighted by Gasteiger charge is -2.11. The topological polar surface area (TPSA) is 45.9 Å². The molecule has 0 radical (unpaired) electrons. The van der Waals surface area contributed by atoms with E-state index < -0.39 is 0 Å². The summed E-state index contributed by atoms with van der Waals surface area (Å²) in [5.74, 6) is 0.409. The molecular weight excluding hydrogens is 319 g/mol. The van der Waals surface area contributed by atoms with Gasteiger partial charge in [-0.1, -0.05) is 40.9 Å². The van der Waals surface area contributed by atoms with Gasteiger partial charge in [-0.15, -0.1) is 0 Å². The van der Waals surface area contributed by atoms with Crippen LogP contribution in [0.15, 0.2) is 24.4 Å². The minimum Gasteiger partial charge on any atom is -0.481 e. The number of halogens is 3. The van der Waals surface area contributed by atoms with Crippen molar-refractivity contribution in [3.05, 3.63) is 45.0 Å². The number of pyridine rings is 1. The molecule has 1 aromatic carbocycles. The summed E-state index contributed by atoms with van der Waals surface area (Å²) in [6.45, 7) is 0. The summed E-state index contributed by atoms with van der Waals surface area (Å²) in [6.07, 6.45) is 1.85. The first-order chi connectivity index (χ1) is 9.58. The van der Waals surface area contributed by atoms with Gasteiger partial charge in [0, 0.05) is 17.3 Å². The average Bonchev–Trinajstić information content (AvgIpc) is 2.45. The highest BCUT2D eigenvalue weighted by Gasteiger charge is 2.15. The van der Waals surface area contributed by atoms with Crippen molar-refractivity contribution in [1.29, 1.82) is 5.26 Å². The predicted octanol–water partition coefficient (Wildman–Crippen LogP) is 4.78. The predicted molar refractivity (Wildman–Crippen MR) is 80.6 cm³/mol. The van der Waals surface area contributed by atoms with Crippen LogP contribution < -0.4 is 4.74 Å². The number of ether oxygens (including phenoxy) is 1. The van der Waals surface area contributed by atoms with E-state index in [0.717, 1.165) is 5.56 Å². The molecule has 0 atom stereocenters. The van der Waals surface area contributed by atoms with Crippen molar-refractivity contribution in [3.8, 4) is 23.1 Å². The number of rotatable bonds is 3. The van der Waals surface area contributed by atoms with Crippen molar-refractivity contribution in [3.63, 3.8) is 0 Å². The van der Waals surface area contributed by atoms with Crippen LogP contribution in [0.1, 0.15) is 5.56 Å². The number of nitriles is 1. The largest absolute Gasteiger partial charge is 0.481 e. The zero-order chi connectivity index (χ0) is 14.7. The summed E-state index contributed by atoms with van der Waals surface area (Å²) < 4.78 is 5.23. The zero-order valence-corrected chi connectivity index (χ0v) is 12.7. The van der Waals surface area contributed by atoms with E-state index in [1.807, 2.05) is 0 Å². The number of hydrogen-bond acceptors (Lipinski definition) is 3. The Bertz CT molecular complexity index is 696. The highest BCUT2D eigenvalue weighted by Crippen LogP contribution is 2.40. The third-order valence-electron chi connectivity index (χ3n) is 2.71. The molecule has 0 aliphatic heterocycles. The molecule has 0 N–H and O–H groups in total. The molecule has 3 nitrogen and oxygen atoms in total. The molecule has 0 aliphatic carbocycles. The lowest BCUT2D eigenvalue weighted by atomic mass is 10.0. The summed E-state index contributed by atoms with van der Waals surface area (Å²) in [6, 6.07) is 7.28. The molecule has 0 saturated carbocycles. The maximum atomic E-state index is 8.77. The van der Waals surface area contributed by atoms with E-state index in [2.05, 4.69) is 11.1 Å². The van der Waals surface area contributed by atoms with Gasteiger partial charge in [0.2, 0.25) is 5.88 Å². The monoisotopic (exact) mass is 326 g/mol. The van der Waals surface area contributed by atoms with Gasteiger partial charge in [0.15, 0.2) is 0 Å². The Morgan fingerprint density at radius 1 is 1.20 bits per heavy atom. The fraction of sp³-hybridized carbons (Fsp3) is 0.143. The third kappa shape index (κ3) is 2.83. The van der Waals surface area contributed by atoms with Crippen LogP contribution >= 0.6 is 34.8 Å². The van der Waals surface area contributed by atoms with E-state index >= 15 is 0 Å². The van der Waals surface area contributed by atoms with Crippen LogP contribution in [0.2, 0.25) is 15.1 Å². The smallest absolute Gasteiger partial charge is 0.221 e. The molecule has 0 amide bonds. The highest BCUT2D eigenvalue weighted by molar-refractivity contribution is 6.49. The second-order valence-corrected chi connectivity index (χ2v) is 5.12. The van der Waals surface area contributed by atoms with Crippen LogP contribution in [-0.2, 0) is 6.42 Å². The Labute approximate surface area is 131 Å². The van der Waals surface area contributed by atoms with Crippen molar-refractivity contribution in [2.24, 2.45) is 0 Å². The second-order valence-electron chi connectivity index (χ2n) is 3.96. The number of nitrogens with zero attached hydrogens (tertiary/aromatic N) is 2. The molecule has 0 spiro atoms. The molecule has 6 heteroatoms. The van der Waals surface area contributed by atoms with Crippen molar-refractivity contribution in [2.75, 3.05) is 7.11 Å². The fourth-order valence-electron chi connectivity index (χ4n) is 1.77. The summed E-state index contributed by atoms with van der Waals surface area (Å²) in [4.78, 5) is 4.18. The van der Waals surface area contributed by atoms with Crippen LogP contribution in [0.5, 0.6) is 5.88 Å². The van der Waals surface area contributed by atoms with Crippen LogP contribution in [0, 0.1) is 11.3 Å². The average molecular weight is 328 g/mol. The van der Waals surface area contributed by atoms with E-state index in [9.17, 15) is 0 Å². The van der Waals surface area contributed by atoms with Gasteiger partial charge < -0.3 is 4.74 Å². The Balaban J connectivity index is 2.65. The number of hydrogen-bond donors (Lipinski definition) is 0. The fourth-order valence-corrected chi connectivity index (χ4v) is 2.41. The van der Waals surface area contributed by atoms with Crippen LogP contribution in [0.25, 0.3) is 11.1 Å². The summed E-state index contributed by atoms with van der Waals surface area (Å²) >= 11 is 18.2. The summed E-state index contributed by atoms with van der Waals surface area (Å²) in [5, 5.41) is 9.75. The molecule has 0 saturated heterocycles. The van der Waals surface area contributed by atoms with Gasteiger partial charge in [-0.2, -0.15) is 5.26 Å². The number of benzene rings is 1. The maximum absolute atomic E-state index is 8.77. The van der Waals surface area contributed by atoms with Gasteiger partial charge in [-0.05, 0) is 17.7 Å². The van der Waals surface area contributed by atoms with Crippen LogP contribution in [0.3, 0.4) is 0 Å². The molecule has 0 aliphatic rings.